The zero-order chi connectivity index (χ0) is 21.0. The summed E-state index contributed by atoms with van der Waals surface area (Å²) in [6, 6.07) is 6.96. The molecule has 156 valence electrons. The van der Waals surface area contributed by atoms with Crippen LogP contribution in [0.3, 0.4) is 0 Å². The smallest absolute Gasteiger partial charge is 0.361 e. The predicted octanol–water partition coefficient (Wildman–Crippen LogP) is 1.09. The summed E-state index contributed by atoms with van der Waals surface area (Å²) >= 11 is 0. The maximum absolute atomic E-state index is 13.1. The van der Waals surface area contributed by atoms with Gasteiger partial charge in [-0.05, 0) is 29.0 Å². The van der Waals surface area contributed by atoms with Crippen LogP contribution in [0.25, 0.3) is 10.9 Å². The number of para-hydroxylation sites is 1. The Bertz CT molecular complexity index is 916. The molecule has 1 fully saturated rings. The Kier molecular flexibility index (Phi) is 6.64. The summed E-state index contributed by atoms with van der Waals surface area (Å²) in [4.78, 5) is 28.4. The lowest BCUT2D eigenvalue weighted by molar-refractivity contribution is -0.137. The second kappa shape index (κ2) is 9.00. The van der Waals surface area contributed by atoms with Crippen LogP contribution in [-0.4, -0.2) is 46.2 Å². The van der Waals surface area contributed by atoms with Crippen molar-refractivity contribution < 1.29 is 14.2 Å². The van der Waals surface area contributed by atoms with Crippen LogP contribution < -0.4 is 22.0 Å². The average Bonchev–Trinajstić information content (AvgIpc) is 3.12. The van der Waals surface area contributed by atoms with Gasteiger partial charge in [0.15, 0.2) is 0 Å². The van der Waals surface area contributed by atoms with Crippen molar-refractivity contribution in [1.29, 1.82) is 0 Å². The van der Waals surface area contributed by atoms with Crippen molar-refractivity contribution in [1.82, 2.24) is 20.4 Å². The van der Waals surface area contributed by atoms with E-state index in [0.717, 1.165) is 27.9 Å². The minimum atomic E-state index is -2.42. The highest BCUT2D eigenvalue weighted by Gasteiger charge is 2.57. The number of amides is 2. The lowest BCUT2D eigenvalue weighted by Gasteiger charge is -2.29. The number of H-pyrrole nitrogens is 1. The summed E-state index contributed by atoms with van der Waals surface area (Å²) in [5, 5.41) is 6.05. The molecule has 9 nitrogen and oxygen atoms in total. The molecule has 3 rings (SSSR count). The van der Waals surface area contributed by atoms with Crippen LogP contribution in [0, 0.1) is 0 Å². The van der Waals surface area contributed by atoms with Crippen LogP contribution in [-0.2, 0) is 20.6 Å². The molecule has 2 aromatic rings. The molecule has 29 heavy (non-hydrogen) atoms. The number of nitrogens with one attached hydrogen (secondary N) is 3. The van der Waals surface area contributed by atoms with E-state index in [2.05, 4.69) is 15.4 Å². The molecule has 7 N–H and O–H groups in total. The molecule has 0 aliphatic carbocycles. The van der Waals surface area contributed by atoms with Gasteiger partial charge < -0.3 is 10.3 Å². The molecular weight excluding hydrogens is 391 g/mol. The average molecular weight is 419 g/mol. The Morgan fingerprint density at radius 1 is 1.41 bits per heavy atom. The number of nitrogens with two attached hydrogens (primary N) is 2. The summed E-state index contributed by atoms with van der Waals surface area (Å²) in [7, 11) is -2.42. The first kappa shape index (κ1) is 21.4. The number of hydrogen-bond donors (Lipinski definition) is 5. The van der Waals surface area contributed by atoms with E-state index in [9.17, 15) is 14.2 Å². The first-order chi connectivity index (χ1) is 13.9. The zero-order valence-electron chi connectivity index (χ0n) is 16.5. The number of hydrazine groups is 1. The molecule has 2 unspecified atom stereocenters. The third-order valence-corrected chi connectivity index (χ3v) is 6.87. The van der Waals surface area contributed by atoms with Crippen molar-refractivity contribution in [2.75, 3.05) is 13.1 Å². The fraction of sp³-hybridized carbons (Fsp3) is 0.474. The van der Waals surface area contributed by atoms with Gasteiger partial charge in [-0.1, -0.05) is 30.2 Å². The fourth-order valence-corrected chi connectivity index (χ4v) is 4.90. The molecule has 3 atom stereocenters. The van der Waals surface area contributed by atoms with Crippen LogP contribution >= 0.6 is 7.95 Å². The second-order valence-electron chi connectivity index (χ2n) is 7.36. The predicted molar refractivity (Wildman–Crippen MR) is 112 cm³/mol. The number of rotatable bonds is 8. The number of aromatic amines is 1. The van der Waals surface area contributed by atoms with Gasteiger partial charge in [-0.15, -0.1) is 0 Å². The number of nitrogens with zero attached hydrogens (tertiary/aromatic N) is 1. The molecule has 1 saturated heterocycles. The second-order valence-corrected chi connectivity index (χ2v) is 9.00. The summed E-state index contributed by atoms with van der Waals surface area (Å²) in [5.41, 5.74) is 8.06. The van der Waals surface area contributed by atoms with Crippen LogP contribution in [0.2, 0.25) is 0 Å². The van der Waals surface area contributed by atoms with E-state index in [-0.39, 0.29) is 12.3 Å². The molecule has 0 bridgehead atoms. The number of carbonyl (C=O) groups is 2. The van der Waals surface area contributed by atoms with Crippen molar-refractivity contribution in [3.05, 3.63) is 36.0 Å². The normalized spacial score (nSPS) is 21.3. The van der Waals surface area contributed by atoms with E-state index in [4.69, 9.17) is 11.6 Å². The largest absolute Gasteiger partial charge is 0.465 e. The maximum atomic E-state index is 13.1. The van der Waals surface area contributed by atoms with E-state index in [1.807, 2.05) is 37.4 Å². The van der Waals surface area contributed by atoms with Crippen molar-refractivity contribution >= 4 is 30.7 Å². The molecule has 1 aromatic heterocycles. The number of piperidine rings is 1. The van der Waals surface area contributed by atoms with E-state index in [1.54, 1.807) is 0 Å². The summed E-state index contributed by atoms with van der Waals surface area (Å²) in [5.74, 6) is 4.83. The van der Waals surface area contributed by atoms with Gasteiger partial charge in [0.2, 0.25) is 5.91 Å². The van der Waals surface area contributed by atoms with E-state index in [0.29, 0.717) is 25.9 Å². The van der Waals surface area contributed by atoms with Gasteiger partial charge in [-0.25, -0.2) is 5.84 Å². The molecule has 0 saturated carbocycles. The Hall–Kier alpha value is -2.32. The van der Waals surface area contributed by atoms with Crippen molar-refractivity contribution in [2.24, 2.45) is 11.6 Å². The lowest BCUT2D eigenvalue weighted by atomic mass is 10.1. The highest BCUT2D eigenvalue weighted by molar-refractivity contribution is 7.45. The monoisotopic (exact) mass is 419 g/mol. The number of aromatic nitrogens is 1. The summed E-state index contributed by atoms with van der Waals surface area (Å²) in [6.07, 6.45) is 3.72. The molecule has 1 aliphatic heterocycles. The van der Waals surface area contributed by atoms with E-state index >= 15 is 0 Å². The van der Waals surface area contributed by atoms with Gasteiger partial charge in [-0.2, -0.15) is 0 Å². The Balaban J connectivity index is 1.82. The van der Waals surface area contributed by atoms with Gasteiger partial charge in [0.1, 0.15) is 6.04 Å². The third-order valence-electron chi connectivity index (χ3n) is 5.19. The topological polar surface area (TPSA) is 146 Å². The first-order valence-corrected chi connectivity index (χ1v) is 11.0. The molecule has 1 aliphatic rings. The van der Waals surface area contributed by atoms with Crippen molar-refractivity contribution in [3.8, 4) is 0 Å². The van der Waals surface area contributed by atoms with Gasteiger partial charge >= 0.3 is 19.1 Å². The van der Waals surface area contributed by atoms with Crippen LogP contribution in [0.1, 0.15) is 31.7 Å². The standard InChI is InChI=1S/C19H27N6O3P/c1-2-9-22-17(26)16(11-13-12-23-15-7-4-3-6-14(13)15)24-29(28)19(20)8-5-10-25(21)18(19)27/h3-4,6-7,12,16,23H,2,5,8-11,20-21H2,1H3,(H-,22,24,26,28)/p+1/t16?,19-/m0/s1. The Labute approximate surface area is 170 Å². The third kappa shape index (κ3) is 4.48. The lowest BCUT2D eigenvalue weighted by Crippen LogP contribution is -2.60. The van der Waals surface area contributed by atoms with Crippen molar-refractivity contribution in [2.45, 2.75) is 43.9 Å². The van der Waals surface area contributed by atoms with Crippen LogP contribution in [0.4, 0.5) is 0 Å². The SMILES string of the molecule is CCCNC(=O)C(Cc1c[nH]c2ccccc12)N[P+](=O)[C@@]1(N)CCCN(N)C1=O. The maximum Gasteiger partial charge on any atom is 0.465 e. The van der Waals surface area contributed by atoms with Gasteiger partial charge in [-0.3, -0.25) is 20.3 Å². The zero-order valence-corrected chi connectivity index (χ0v) is 17.4. The highest BCUT2D eigenvalue weighted by Crippen LogP contribution is 2.39. The molecule has 2 heterocycles. The highest BCUT2D eigenvalue weighted by atomic mass is 31.1. The number of carbonyl (C=O) groups excluding carboxylic acids is 2. The number of fused-ring (bicyclic) bond motifs is 1. The Morgan fingerprint density at radius 2 is 2.17 bits per heavy atom. The summed E-state index contributed by atoms with van der Waals surface area (Å²) < 4.78 is 13.1. The quantitative estimate of drug-likeness (QED) is 0.246. The first-order valence-electron chi connectivity index (χ1n) is 9.78. The molecule has 0 radical (unpaired) electrons. The van der Waals surface area contributed by atoms with Crippen molar-refractivity contribution in [3.63, 3.8) is 0 Å². The van der Waals surface area contributed by atoms with Crippen LogP contribution in [0.15, 0.2) is 30.5 Å². The Morgan fingerprint density at radius 3 is 2.93 bits per heavy atom. The van der Waals surface area contributed by atoms with Gasteiger partial charge in [0.05, 0.1) is 0 Å². The number of hydrogen-bond acceptors (Lipinski definition) is 5. The minimum Gasteiger partial charge on any atom is -0.361 e. The van der Waals surface area contributed by atoms with E-state index < -0.39 is 25.2 Å². The molecule has 10 heteroatoms. The molecule has 1 aromatic carbocycles. The molecule has 2 amide bonds. The molecular formula is C19H28N6O3P+. The van der Waals surface area contributed by atoms with E-state index in [1.165, 1.54) is 0 Å². The fourth-order valence-electron chi connectivity index (χ4n) is 3.51. The number of benzene rings is 1. The van der Waals surface area contributed by atoms with Crippen LogP contribution in [0.5, 0.6) is 0 Å². The van der Waals surface area contributed by atoms with Gasteiger partial charge in [0, 0.05) is 43.0 Å². The molecule has 0 spiro atoms. The summed E-state index contributed by atoms with van der Waals surface area (Å²) in [6.45, 7) is 2.83. The van der Waals surface area contributed by atoms with Gasteiger partial charge in [0.25, 0.3) is 0 Å². The minimum absolute atomic E-state index is 0.248.